The monoisotopic (exact) mass is 272 g/mol. The van der Waals surface area contributed by atoms with E-state index in [1.807, 2.05) is 19.1 Å². The van der Waals surface area contributed by atoms with Gasteiger partial charge in [0.05, 0.1) is 6.04 Å². The number of carbonyl (C=O) groups is 1. The molecule has 2 aromatic carbocycles. The molecule has 0 fully saturated rings. The van der Waals surface area contributed by atoms with Crippen molar-refractivity contribution in [1.29, 1.82) is 0 Å². The molecule has 20 heavy (non-hydrogen) atoms. The van der Waals surface area contributed by atoms with Crippen molar-refractivity contribution in [3.63, 3.8) is 0 Å². The number of hydrogen-bond acceptors (Lipinski definition) is 4. The summed E-state index contributed by atoms with van der Waals surface area (Å²) >= 11 is 0. The smallest absolute Gasteiger partial charge is 0.252 e. The first-order chi connectivity index (χ1) is 9.45. The van der Waals surface area contributed by atoms with Crippen molar-refractivity contribution in [3.8, 4) is 11.5 Å². The number of nitrogen functional groups attached to an aromatic ring is 1. The highest BCUT2D eigenvalue weighted by molar-refractivity contribution is 5.95. The van der Waals surface area contributed by atoms with E-state index >= 15 is 0 Å². The molecule has 0 heterocycles. The van der Waals surface area contributed by atoms with Gasteiger partial charge in [0.15, 0.2) is 0 Å². The highest BCUT2D eigenvalue weighted by atomic mass is 16.3. The molecule has 0 aliphatic carbocycles. The number of hydrogen-bond donors (Lipinski definition) is 4. The molecule has 2 aromatic rings. The SMILES string of the molecule is CC(NC(=O)c1cc(O)cc(O)c1)c1ccc(N)cc1. The number of phenolic OH excluding ortho intramolecular Hbond substituents is 2. The van der Waals surface area contributed by atoms with Crippen LogP contribution < -0.4 is 11.1 Å². The van der Waals surface area contributed by atoms with Crippen molar-refractivity contribution in [2.24, 2.45) is 0 Å². The molecule has 0 aliphatic heterocycles. The Kier molecular flexibility index (Phi) is 3.79. The van der Waals surface area contributed by atoms with Crippen LogP contribution in [0.3, 0.4) is 0 Å². The number of rotatable bonds is 3. The second-order valence-corrected chi connectivity index (χ2v) is 4.60. The fourth-order valence-electron chi connectivity index (χ4n) is 1.87. The molecule has 0 bridgehead atoms. The molecule has 0 saturated heterocycles. The first kappa shape index (κ1) is 13.7. The Morgan fingerprint density at radius 1 is 1.10 bits per heavy atom. The van der Waals surface area contributed by atoms with E-state index < -0.39 is 0 Å². The Morgan fingerprint density at radius 3 is 2.20 bits per heavy atom. The van der Waals surface area contributed by atoms with Crippen LogP contribution in [0.1, 0.15) is 28.9 Å². The van der Waals surface area contributed by atoms with Crippen molar-refractivity contribution in [1.82, 2.24) is 5.32 Å². The van der Waals surface area contributed by atoms with Gasteiger partial charge in [0.25, 0.3) is 5.91 Å². The minimum atomic E-state index is -0.375. The van der Waals surface area contributed by atoms with Gasteiger partial charge >= 0.3 is 0 Å². The lowest BCUT2D eigenvalue weighted by molar-refractivity contribution is 0.0939. The molecule has 2 rings (SSSR count). The third-order valence-electron chi connectivity index (χ3n) is 2.95. The van der Waals surface area contributed by atoms with E-state index in [2.05, 4.69) is 5.32 Å². The van der Waals surface area contributed by atoms with E-state index in [0.717, 1.165) is 5.56 Å². The summed E-state index contributed by atoms with van der Waals surface area (Å²) in [6.07, 6.45) is 0. The second-order valence-electron chi connectivity index (χ2n) is 4.60. The van der Waals surface area contributed by atoms with Crippen molar-refractivity contribution in [2.45, 2.75) is 13.0 Å². The Hall–Kier alpha value is -2.69. The van der Waals surface area contributed by atoms with Crippen LogP contribution in [0.4, 0.5) is 5.69 Å². The number of benzene rings is 2. The third-order valence-corrected chi connectivity index (χ3v) is 2.95. The zero-order valence-corrected chi connectivity index (χ0v) is 11.0. The molecule has 1 unspecified atom stereocenters. The van der Waals surface area contributed by atoms with Crippen LogP contribution >= 0.6 is 0 Å². The summed E-state index contributed by atoms with van der Waals surface area (Å²) in [4.78, 5) is 12.0. The first-order valence-electron chi connectivity index (χ1n) is 6.15. The van der Waals surface area contributed by atoms with Crippen molar-refractivity contribution in [2.75, 3.05) is 5.73 Å². The average Bonchev–Trinajstić information content (AvgIpc) is 2.38. The largest absolute Gasteiger partial charge is 0.508 e. The molecule has 5 nitrogen and oxygen atoms in total. The number of nitrogens with two attached hydrogens (primary N) is 1. The molecule has 1 atom stereocenters. The molecule has 0 saturated carbocycles. The maximum atomic E-state index is 12.0. The maximum absolute atomic E-state index is 12.0. The Bertz CT molecular complexity index is 603. The van der Waals surface area contributed by atoms with Crippen LogP contribution in [0.5, 0.6) is 11.5 Å². The summed E-state index contributed by atoms with van der Waals surface area (Å²) in [5.41, 5.74) is 7.38. The van der Waals surface area contributed by atoms with Crippen LogP contribution in [-0.2, 0) is 0 Å². The second kappa shape index (κ2) is 5.52. The predicted molar refractivity (Wildman–Crippen MR) is 76.5 cm³/mol. The van der Waals surface area contributed by atoms with Crippen LogP contribution in [0, 0.1) is 0 Å². The van der Waals surface area contributed by atoms with Gasteiger partial charge in [-0.05, 0) is 36.8 Å². The van der Waals surface area contributed by atoms with Gasteiger partial charge in [-0.3, -0.25) is 4.79 Å². The number of anilines is 1. The van der Waals surface area contributed by atoms with Crippen LogP contribution in [0.15, 0.2) is 42.5 Å². The quantitative estimate of drug-likeness (QED) is 0.644. The van der Waals surface area contributed by atoms with Crippen LogP contribution in [-0.4, -0.2) is 16.1 Å². The molecule has 0 aromatic heterocycles. The minimum absolute atomic E-state index is 0.157. The number of amides is 1. The summed E-state index contributed by atoms with van der Waals surface area (Å²) < 4.78 is 0. The molecule has 5 heteroatoms. The average molecular weight is 272 g/mol. The molecule has 0 radical (unpaired) electrons. The fourth-order valence-corrected chi connectivity index (χ4v) is 1.87. The van der Waals surface area contributed by atoms with Crippen molar-refractivity contribution >= 4 is 11.6 Å². The van der Waals surface area contributed by atoms with Gasteiger partial charge < -0.3 is 21.3 Å². The van der Waals surface area contributed by atoms with E-state index in [-0.39, 0.29) is 29.0 Å². The molecule has 104 valence electrons. The molecule has 5 N–H and O–H groups in total. The minimum Gasteiger partial charge on any atom is -0.508 e. The third kappa shape index (κ3) is 3.20. The van der Waals surface area contributed by atoms with Crippen LogP contribution in [0.2, 0.25) is 0 Å². The first-order valence-corrected chi connectivity index (χ1v) is 6.15. The fraction of sp³-hybridized carbons (Fsp3) is 0.133. The lowest BCUT2D eigenvalue weighted by atomic mass is 10.1. The predicted octanol–water partition coefficient (Wildman–Crippen LogP) is 2.17. The number of phenols is 2. The Labute approximate surface area is 116 Å². The number of nitrogens with one attached hydrogen (secondary N) is 1. The highest BCUT2D eigenvalue weighted by Crippen LogP contribution is 2.21. The summed E-state index contributed by atoms with van der Waals surface area (Å²) in [7, 11) is 0. The Morgan fingerprint density at radius 2 is 1.65 bits per heavy atom. The lowest BCUT2D eigenvalue weighted by Gasteiger charge is -2.15. The summed E-state index contributed by atoms with van der Waals surface area (Å²) in [5, 5.41) is 21.5. The zero-order chi connectivity index (χ0) is 14.7. The molecule has 0 aliphatic rings. The molecular formula is C15H16N2O3. The van der Waals surface area contributed by atoms with Gasteiger partial charge in [-0.2, -0.15) is 0 Å². The van der Waals surface area contributed by atoms with Gasteiger partial charge in [0.1, 0.15) is 11.5 Å². The summed E-state index contributed by atoms with van der Waals surface area (Å²) in [5.74, 6) is -0.689. The highest BCUT2D eigenvalue weighted by Gasteiger charge is 2.13. The molecule has 0 spiro atoms. The summed E-state index contributed by atoms with van der Waals surface area (Å²) in [6, 6.07) is 10.7. The van der Waals surface area contributed by atoms with Gasteiger partial charge in [0.2, 0.25) is 0 Å². The zero-order valence-electron chi connectivity index (χ0n) is 11.0. The lowest BCUT2D eigenvalue weighted by Crippen LogP contribution is -2.26. The van der Waals surface area contributed by atoms with E-state index in [9.17, 15) is 15.0 Å². The van der Waals surface area contributed by atoms with Gasteiger partial charge in [-0.25, -0.2) is 0 Å². The van der Waals surface area contributed by atoms with Crippen LogP contribution in [0.25, 0.3) is 0 Å². The topological polar surface area (TPSA) is 95.6 Å². The van der Waals surface area contributed by atoms with E-state index in [1.165, 1.54) is 18.2 Å². The van der Waals surface area contributed by atoms with E-state index in [4.69, 9.17) is 5.73 Å². The Balaban J connectivity index is 2.12. The number of aromatic hydroxyl groups is 2. The van der Waals surface area contributed by atoms with Crippen molar-refractivity contribution < 1.29 is 15.0 Å². The number of carbonyl (C=O) groups excluding carboxylic acids is 1. The molecule has 1 amide bonds. The normalized spacial score (nSPS) is 11.8. The van der Waals surface area contributed by atoms with E-state index in [1.54, 1.807) is 12.1 Å². The standard InChI is InChI=1S/C15H16N2O3/c1-9(10-2-4-12(16)5-3-10)17-15(20)11-6-13(18)8-14(19)7-11/h2-9,18-19H,16H2,1H3,(H,17,20). The molecular weight excluding hydrogens is 256 g/mol. The van der Waals surface area contributed by atoms with Gasteiger partial charge in [0, 0.05) is 17.3 Å². The van der Waals surface area contributed by atoms with Gasteiger partial charge in [-0.1, -0.05) is 12.1 Å². The van der Waals surface area contributed by atoms with Gasteiger partial charge in [-0.15, -0.1) is 0 Å². The maximum Gasteiger partial charge on any atom is 0.252 e. The van der Waals surface area contributed by atoms with E-state index in [0.29, 0.717) is 5.69 Å². The summed E-state index contributed by atoms with van der Waals surface area (Å²) in [6.45, 7) is 1.84. The van der Waals surface area contributed by atoms with Crippen molar-refractivity contribution in [3.05, 3.63) is 53.6 Å².